The van der Waals surface area contributed by atoms with E-state index >= 15 is 0 Å². The molecule has 1 aromatic heterocycles. The molecule has 0 saturated heterocycles. The van der Waals surface area contributed by atoms with Crippen LogP contribution >= 0.6 is 0 Å². The van der Waals surface area contributed by atoms with Crippen LogP contribution in [0.15, 0.2) is 48.5 Å². The Morgan fingerprint density at radius 1 is 1.08 bits per heavy atom. The number of carboxylic acids is 1. The number of hydrogen-bond acceptors (Lipinski definition) is 2. The van der Waals surface area contributed by atoms with Gasteiger partial charge >= 0.3 is 12.1 Å². The zero-order valence-electron chi connectivity index (χ0n) is 12.6. The van der Waals surface area contributed by atoms with E-state index in [2.05, 4.69) is 4.98 Å². The molecule has 0 aliphatic rings. The first-order valence-electron chi connectivity index (χ1n) is 7.08. The molecule has 0 spiro atoms. The van der Waals surface area contributed by atoms with E-state index in [1.807, 2.05) is 13.0 Å². The summed E-state index contributed by atoms with van der Waals surface area (Å²) in [6.45, 7) is 1.84. The molecular weight excluding hydrogens is 319 g/mol. The van der Waals surface area contributed by atoms with Gasteiger partial charge in [-0.05, 0) is 25.1 Å². The molecular formula is C18H12F3NO2. The van der Waals surface area contributed by atoms with Crippen molar-refractivity contribution in [3.63, 3.8) is 0 Å². The summed E-state index contributed by atoms with van der Waals surface area (Å²) in [6, 6.07) is 11.7. The molecule has 0 aliphatic heterocycles. The van der Waals surface area contributed by atoms with E-state index in [9.17, 15) is 23.1 Å². The molecule has 0 bridgehead atoms. The zero-order chi connectivity index (χ0) is 17.5. The van der Waals surface area contributed by atoms with E-state index in [0.29, 0.717) is 5.56 Å². The van der Waals surface area contributed by atoms with Crippen molar-refractivity contribution < 1.29 is 23.1 Å². The quantitative estimate of drug-likeness (QED) is 0.724. The number of aryl methyl sites for hydroxylation is 1. The van der Waals surface area contributed by atoms with E-state index in [1.165, 1.54) is 18.2 Å². The first kappa shape index (κ1) is 16.0. The van der Waals surface area contributed by atoms with Crippen molar-refractivity contribution in [2.45, 2.75) is 13.1 Å². The van der Waals surface area contributed by atoms with Gasteiger partial charge in [0, 0.05) is 10.9 Å². The standard InChI is InChI=1S/C18H12F3NO2/c1-10-4-2-5-11(8-10)15-9-13(17(23)24)12-6-3-7-14(16(12)22-15)18(19,20)21/h2-9H,1H3,(H,23,24). The van der Waals surface area contributed by atoms with E-state index in [1.54, 1.807) is 18.2 Å². The van der Waals surface area contributed by atoms with Crippen LogP contribution < -0.4 is 0 Å². The highest BCUT2D eigenvalue weighted by Gasteiger charge is 2.34. The lowest BCUT2D eigenvalue weighted by molar-refractivity contribution is -0.136. The topological polar surface area (TPSA) is 50.2 Å². The average molecular weight is 331 g/mol. The van der Waals surface area contributed by atoms with Crippen LogP contribution in [0.5, 0.6) is 0 Å². The van der Waals surface area contributed by atoms with Gasteiger partial charge in [0.05, 0.1) is 22.3 Å². The fourth-order valence-electron chi connectivity index (χ4n) is 2.61. The Balaban J connectivity index is 2.39. The summed E-state index contributed by atoms with van der Waals surface area (Å²) in [5.41, 5.74) is 0.146. The molecule has 3 aromatic rings. The second-order valence-corrected chi connectivity index (χ2v) is 5.43. The summed E-state index contributed by atoms with van der Waals surface area (Å²) < 4.78 is 39.8. The number of pyridine rings is 1. The number of rotatable bonds is 2. The maximum atomic E-state index is 13.3. The maximum Gasteiger partial charge on any atom is 0.418 e. The largest absolute Gasteiger partial charge is 0.478 e. The highest BCUT2D eigenvalue weighted by molar-refractivity contribution is 6.04. The lowest BCUT2D eigenvalue weighted by atomic mass is 10.0. The number of carbonyl (C=O) groups is 1. The molecule has 0 radical (unpaired) electrons. The van der Waals surface area contributed by atoms with Crippen LogP contribution in [0.1, 0.15) is 21.5 Å². The number of hydrogen-bond donors (Lipinski definition) is 1. The van der Waals surface area contributed by atoms with Crippen LogP contribution in [0.3, 0.4) is 0 Å². The van der Waals surface area contributed by atoms with Crippen LogP contribution in [0.2, 0.25) is 0 Å². The average Bonchev–Trinajstić information content (AvgIpc) is 2.52. The van der Waals surface area contributed by atoms with Gasteiger partial charge in [-0.1, -0.05) is 35.9 Å². The van der Waals surface area contributed by atoms with Gasteiger partial charge in [-0.15, -0.1) is 0 Å². The van der Waals surface area contributed by atoms with Gasteiger partial charge in [-0.3, -0.25) is 0 Å². The van der Waals surface area contributed by atoms with Crippen molar-refractivity contribution in [1.82, 2.24) is 4.98 Å². The summed E-state index contributed by atoms with van der Waals surface area (Å²) in [4.78, 5) is 15.6. The molecule has 0 fully saturated rings. The molecule has 0 aliphatic carbocycles. The minimum Gasteiger partial charge on any atom is -0.478 e. The number of aromatic nitrogens is 1. The van der Waals surface area contributed by atoms with E-state index in [-0.39, 0.29) is 22.2 Å². The van der Waals surface area contributed by atoms with Crippen molar-refractivity contribution in [1.29, 1.82) is 0 Å². The van der Waals surface area contributed by atoms with Crippen molar-refractivity contribution >= 4 is 16.9 Å². The van der Waals surface area contributed by atoms with Gasteiger partial charge in [0.25, 0.3) is 0 Å². The third kappa shape index (κ3) is 2.82. The normalized spacial score (nSPS) is 11.7. The van der Waals surface area contributed by atoms with E-state index < -0.39 is 17.7 Å². The number of fused-ring (bicyclic) bond motifs is 1. The number of nitrogens with zero attached hydrogens (tertiary/aromatic N) is 1. The van der Waals surface area contributed by atoms with Gasteiger partial charge in [-0.2, -0.15) is 13.2 Å². The summed E-state index contributed by atoms with van der Waals surface area (Å²) in [5, 5.41) is 9.36. The summed E-state index contributed by atoms with van der Waals surface area (Å²) in [5.74, 6) is -1.30. The van der Waals surface area contributed by atoms with Crippen LogP contribution in [-0.4, -0.2) is 16.1 Å². The van der Waals surface area contributed by atoms with Gasteiger partial charge in [0.1, 0.15) is 0 Å². The molecule has 0 atom stereocenters. The smallest absolute Gasteiger partial charge is 0.418 e. The summed E-state index contributed by atoms with van der Waals surface area (Å²) in [6.07, 6.45) is -4.62. The van der Waals surface area contributed by atoms with Crippen molar-refractivity contribution in [2.75, 3.05) is 0 Å². The third-order valence-electron chi connectivity index (χ3n) is 3.69. The van der Waals surface area contributed by atoms with E-state index in [0.717, 1.165) is 11.6 Å². The molecule has 3 nitrogen and oxygen atoms in total. The molecule has 1 heterocycles. The fraction of sp³-hybridized carbons (Fsp3) is 0.111. The Morgan fingerprint density at radius 2 is 1.79 bits per heavy atom. The highest BCUT2D eigenvalue weighted by atomic mass is 19.4. The van der Waals surface area contributed by atoms with Crippen molar-refractivity contribution in [3.05, 3.63) is 65.2 Å². The molecule has 0 unspecified atom stereocenters. The summed E-state index contributed by atoms with van der Waals surface area (Å²) >= 11 is 0. The van der Waals surface area contributed by atoms with Crippen LogP contribution in [-0.2, 0) is 6.18 Å². The van der Waals surface area contributed by atoms with Gasteiger partial charge in [-0.25, -0.2) is 9.78 Å². The predicted molar refractivity (Wildman–Crippen MR) is 83.9 cm³/mol. The third-order valence-corrected chi connectivity index (χ3v) is 3.69. The van der Waals surface area contributed by atoms with Gasteiger partial charge in [0.2, 0.25) is 0 Å². The molecule has 1 N–H and O–H groups in total. The number of carboxylic acid groups (broad SMARTS) is 1. The van der Waals surface area contributed by atoms with Crippen LogP contribution in [0, 0.1) is 6.92 Å². The first-order valence-corrected chi connectivity index (χ1v) is 7.08. The summed E-state index contributed by atoms with van der Waals surface area (Å²) in [7, 11) is 0. The molecule has 0 saturated carbocycles. The number of alkyl halides is 3. The van der Waals surface area contributed by atoms with Gasteiger partial charge in [0.15, 0.2) is 0 Å². The second kappa shape index (κ2) is 5.63. The number of para-hydroxylation sites is 1. The van der Waals surface area contributed by atoms with Crippen molar-refractivity contribution in [2.24, 2.45) is 0 Å². The zero-order valence-corrected chi connectivity index (χ0v) is 12.6. The minimum absolute atomic E-state index is 0.0336. The minimum atomic E-state index is -4.62. The predicted octanol–water partition coefficient (Wildman–Crippen LogP) is 4.93. The molecule has 24 heavy (non-hydrogen) atoms. The lowest BCUT2D eigenvalue weighted by Gasteiger charge is -2.13. The van der Waals surface area contributed by atoms with Gasteiger partial charge < -0.3 is 5.11 Å². The Kier molecular flexibility index (Phi) is 3.75. The first-order chi connectivity index (χ1) is 11.3. The second-order valence-electron chi connectivity index (χ2n) is 5.43. The van der Waals surface area contributed by atoms with Crippen molar-refractivity contribution in [3.8, 4) is 11.3 Å². The molecule has 6 heteroatoms. The number of aromatic carboxylic acids is 1. The molecule has 2 aromatic carbocycles. The monoisotopic (exact) mass is 331 g/mol. The maximum absolute atomic E-state index is 13.3. The SMILES string of the molecule is Cc1cccc(-c2cc(C(=O)O)c3cccc(C(F)(F)F)c3n2)c1. The Labute approximate surface area is 135 Å². The fourth-order valence-corrected chi connectivity index (χ4v) is 2.61. The highest BCUT2D eigenvalue weighted by Crippen LogP contribution is 2.36. The Morgan fingerprint density at radius 3 is 2.42 bits per heavy atom. The Bertz CT molecular complexity index is 949. The van der Waals surface area contributed by atoms with E-state index in [4.69, 9.17) is 0 Å². The lowest BCUT2D eigenvalue weighted by Crippen LogP contribution is -2.09. The molecule has 0 amide bonds. The van der Waals surface area contributed by atoms with Crippen LogP contribution in [0.4, 0.5) is 13.2 Å². The number of benzene rings is 2. The number of halogens is 3. The van der Waals surface area contributed by atoms with Crippen LogP contribution in [0.25, 0.3) is 22.2 Å². The Hall–Kier alpha value is -2.89. The molecule has 122 valence electrons. The molecule has 3 rings (SSSR count).